The summed E-state index contributed by atoms with van der Waals surface area (Å²) >= 11 is 1.64. The van der Waals surface area contributed by atoms with Gasteiger partial charge >= 0.3 is 0 Å². The molecule has 1 amide bonds. The molecular formula is C20H23N5OS. The van der Waals surface area contributed by atoms with Gasteiger partial charge in [-0.05, 0) is 26.6 Å². The van der Waals surface area contributed by atoms with E-state index in [0.717, 1.165) is 33.0 Å². The van der Waals surface area contributed by atoms with Crippen LogP contribution in [0.5, 0.6) is 0 Å². The number of aromatic nitrogens is 2. The van der Waals surface area contributed by atoms with Gasteiger partial charge in [-0.1, -0.05) is 30.3 Å². The van der Waals surface area contributed by atoms with E-state index in [1.54, 1.807) is 11.3 Å². The lowest BCUT2D eigenvalue weighted by molar-refractivity contribution is -0.126. The summed E-state index contributed by atoms with van der Waals surface area (Å²) in [5.41, 5.74) is 2.27. The molecule has 3 aromatic rings. The molecule has 6 nitrogen and oxygen atoms in total. The number of fused-ring (bicyclic) bond motifs is 1. The molecule has 1 fully saturated rings. The van der Waals surface area contributed by atoms with Gasteiger partial charge in [0.05, 0.1) is 18.6 Å². The molecule has 1 saturated heterocycles. The quantitative estimate of drug-likeness (QED) is 0.680. The van der Waals surface area contributed by atoms with Gasteiger partial charge in [-0.15, -0.1) is 11.3 Å². The van der Waals surface area contributed by atoms with E-state index < -0.39 is 0 Å². The fourth-order valence-electron chi connectivity index (χ4n) is 3.40. The topological polar surface area (TPSA) is 52.6 Å². The number of carbonyl (C=O) groups is 1. The normalized spacial score (nSPS) is 14.7. The van der Waals surface area contributed by atoms with Crippen LogP contribution in [-0.2, 0) is 11.3 Å². The second kappa shape index (κ2) is 7.25. The third-order valence-electron chi connectivity index (χ3n) is 4.70. The van der Waals surface area contributed by atoms with Gasteiger partial charge in [0.15, 0.2) is 0 Å². The Morgan fingerprint density at radius 1 is 1.19 bits per heavy atom. The first-order valence-corrected chi connectivity index (χ1v) is 9.95. The van der Waals surface area contributed by atoms with Crippen molar-refractivity contribution in [1.82, 2.24) is 19.8 Å². The summed E-state index contributed by atoms with van der Waals surface area (Å²) in [6.45, 7) is 4.33. The van der Waals surface area contributed by atoms with E-state index in [9.17, 15) is 4.79 Å². The van der Waals surface area contributed by atoms with Crippen LogP contribution in [0, 0.1) is 0 Å². The van der Waals surface area contributed by atoms with Gasteiger partial charge in [-0.25, -0.2) is 9.97 Å². The number of hydrogen-bond acceptors (Lipinski definition) is 6. The predicted molar refractivity (Wildman–Crippen MR) is 110 cm³/mol. The van der Waals surface area contributed by atoms with Gasteiger partial charge in [0.2, 0.25) is 5.91 Å². The Hall–Kier alpha value is -2.51. The van der Waals surface area contributed by atoms with E-state index in [-0.39, 0.29) is 5.91 Å². The Morgan fingerprint density at radius 2 is 1.96 bits per heavy atom. The zero-order valence-corrected chi connectivity index (χ0v) is 16.7. The average molecular weight is 382 g/mol. The number of amides is 1. The van der Waals surface area contributed by atoms with Gasteiger partial charge in [0.25, 0.3) is 0 Å². The number of anilines is 1. The predicted octanol–water partition coefficient (Wildman–Crippen LogP) is 3.05. The smallest absolute Gasteiger partial charge is 0.243 e. The molecule has 3 heterocycles. The fourth-order valence-corrected chi connectivity index (χ4v) is 4.36. The summed E-state index contributed by atoms with van der Waals surface area (Å²) in [6, 6.07) is 10.3. The third-order valence-corrected chi connectivity index (χ3v) is 5.58. The summed E-state index contributed by atoms with van der Waals surface area (Å²) in [5, 5.41) is 3.19. The number of carbonyl (C=O) groups excluding carboxylic acids is 1. The van der Waals surface area contributed by atoms with Crippen molar-refractivity contribution < 1.29 is 4.79 Å². The lowest BCUT2D eigenvalue weighted by atomic mass is 10.1. The van der Waals surface area contributed by atoms with E-state index in [1.165, 1.54) is 0 Å². The Morgan fingerprint density at radius 3 is 2.63 bits per heavy atom. The molecule has 1 aromatic carbocycles. The number of thiophene rings is 1. The first-order valence-electron chi connectivity index (χ1n) is 9.07. The average Bonchev–Trinajstić information content (AvgIpc) is 3.24. The summed E-state index contributed by atoms with van der Waals surface area (Å²) in [4.78, 5) is 29.0. The minimum absolute atomic E-state index is 0.148. The lowest BCUT2D eigenvalue weighted by Crippen LogP contribution is -2.27. The molecule has 4 rings (SSSR count). The molecule has 140 valence electrons. The molecule has 0 saturated carbocycles. The van der Waals surface area contributed by atoms with Crippen LogP contribution in [0.15, 0.2) is 35.7 Å². The molecule has 0 spiro atoms. The molecular weight excluding hydrogens is 358 g/mol. The van der Waals surface area contributed by atoms with Crippen LogP contribution in [0.3, 0.4) is 0 Å². The summed E-state index contributed by atoms with van der Waals surface area (Å²) in [5.74, 6) is 1.79. The fraction of sp³-hybridized carbons (Fsp3) is 0.350. The van der Waals surface area contributed by atoms with Crippen molar-refractivity contribution in [1.29, 1.82) is 0 Å². The first kappa shape index (κ1) is 17.9. The van der Waals surface area contributed by atoms with Gasteiger partial charge in [-0.2, -0.15) is 0 Å². The summed E-state index contributed by atoms with van der Waals surface area (Å²) in [7, 11) is 4.02. The van der Waals surface area contributed by atoms with Crippen molar-refractivity contribution in [2.45, 2.75) is 13.5 Å². The molecule has 27 heavy (non-hydrogen) atoms. The van der Waals surface area contributed by atoms with Crippen LogP contribution in [0.1, 0.15) is 12.7 Å². The van der Waals surface area contributed by atoms with E-state index in [2.05, 4.69) is 27.3 Å². The maximum atomic E-state index is 12.3. The van der Waals surface area contributed by atoms with Crippen molar-refractivity contribution in [3.05, 3.63) is 41.5 Å². The second-order valence-electron chi connectivity index (χ2n) is 6.99. The molecule has 0 aliphatic carbocycles. The Kier molecular flexibility index (Phi) is 4.80. The van der Waals surface area contributed by atoms with Crippen LogP contribution in [0.2, 0.25) is 0 Å². The SMILES string of the molecule is CCN1CN(c2nc(CN(C)C)nc3scc(-c4ccccc4)c23)CC1=O. The molecule has 0 bridgehead atoms. The molecule has 1 aliphatic rings. The molecule has 0 atom stereocenters. The maximum Gasteiger partial charge on any atom is 0.243 e. The van der Waals surface area contributed by atoms with Gasteiger partial charge < -0.3 is 14.7 Å². The Balaban J connectivity index is 1.88. The highest BCUT2D eigenvalue weighted by Gasteiger charge is 2.30. The largest absolute Gasteiger partial charge is 0.329 e. The highest BCUT2D eigenvalue weighted by atomic mass is 32.1. The van der Waals surface area contributed by atoms with Gasteiger partial charge in [-0.3, -0.25) is 4.79 Å². The zero-order valence-electron chi connectivity index (χ0n) is 15.8. The number of hydrogen-bond donors (Lipinski definition) is 0. The third kappa shape index (κ3) is 3.40. The molecule has 0 unspecified atom stereocenters. The molecule has 1 aliphatic heterocycles. The lowest BCUT2D eigenvalue weighted by Gasteiger charge is -2.20. The van der Waals surface area contributed by atoms with E-state index in [1.807, 2.05) is 44.1 Å². The van der Waals surface area contributed by atoms with Crippen molar-refractivity contribution in [3.8, 4) is 11.1 Å². The number of rotatable bonds is 5. The van der Waals surface area contributed by atoms with Crippen molar-refractivity contribution >= 4 is 33.3 Å². The highest BCUT2D eigenvalue weighted by molar-refractivity contribution is 7.17. The van der Waals surface area contributed by atoms with Crippen LogP contribution in [0.4, 0.5) is 5.82 Å². The number of likely N-dealkylation sites (N-methyl/N-ethyl adjacent to an activating group) is 1. The van der Waals surface area contributed by atoms with Crippen molar-refractivity contribution in [3.63, 3.8) is 0 Å². The van der Waals surface area contributed by atoms with E-state index in [4.69, 9.17) is 9.97 Å². The minimum Gasteiger partial charge on any atom is -0.329 e. The van der Waals surface area contributed by atoms with E-state index >= 15 is 0 Å². The van der Waals surface area contributed by atoms with Crippen LogP contribution < -0.4 is 4.90 Å². The highest BCUT2D eigenvalue weighted by Crippen LogP contribution is 2.39. The Labute approximate surface area is 163 Å². The van der Waals surface area contributed by atoms with Crippen molar-refractivity contribution in [2.75, 3.05) is 38.8 Å². The van der Waals surface area contributed by atoms with Gasteiger partial charge in [0, 0.05) is 17.5 Å². The second-order valence-corrected chi connectivity index (χ2v) is 7.84. The number of benzene rings is 1. The Bertz CT molecular complexity index is 969. The zero-order chi connectivity index (χ0) is 19.0. The van der Waals surface area contributed by atoms with Gasteiger partial charge in [0.1, 0.15) is 23.0 Å². The molecule has 0 N–H and O–H groups in total. The standard InChI is InChI=1S/C20H23N5OS/c1-4-24-13-25(11-17(24)26)19-18-15(14-8-6-5-7-9-14)12-27-20(18)22-16(21-19)10-23(2)3/h5-9,12H,4,10-11,13H2,1-3H3. The van der Waals surface area contributed by atoms with Crippen molar-refractivity contribution in [2.24, 2.45) is 0 Å². The molecule has 7 heteroatoms. The summed E-state index contributed by atoms with van der Waals surface area (Å²) in [6.07, 6.45) is 0. The molecule has 2 aromatic heterocycles. The molecule has 0 radical (unpaired) electrons. The van der Waals surface area contributed by atoms with Crippen LogP contribution >= 0.6 is 11.3 Å². The van der Waals surface area contributed by atoms with Crippen LogP contribution in [-0.4, -0.2) is 59.5 Å². The minimum atomic E-state index is 0.148. The maximum absolute atomic E-state index is 12.3. The van der Waals surface area contributed by atoms with Crippen LogP contribution in [0.25, 0.3) is 21.3 Å². The summed E-state index contributed by atoms with van der Waals surface area (Å²) < 4.78 is 0. The number of nitrogens with zero attached hydrogens (tertiary/aromatic N) is 5. The first-order chi connectivity index (χ1) is 13.1. The van der Waals surface area contributed by atoms with E-state index in [0.29, 0.717) is 26.3 Å². The monoisotopic (exact) mass is 381 g/mol.